The zero-order valence-electron chi connectivity index (χ0n) is 6.88. The van der Waals surface area contributed by atoms with Crippen molar-refractivity contribution in [2.24, 2.45) is 5.92 Å². The Morgan fingerprint density at radius 3 is 3.09 bits per heavy atom. The summed E-state index contributed by atoms with van der Waals surface area (Å²) in [6, 6.07) is 0. The van der Waals surface area contributed by atoms with E-state index in [2.05, 4.69) is 6.92 Å². The predicted molar refractivity (Wildman–Crippen MR) is 47.8 cm³/mol. The second-order valence-corrected chi connectivity index (χ2v) is 5.38. The van der Waals surface area contributed by atoms with Gasteiger partial charge in [0.05, 0.1) is 0 Å². The number of rotatable bonds is 0. The molecule has 2 heteroatoms. The van der Waals surface area contributed by atoms with Gasteiger partial charge in [0.25, 0.3) is 0 Å². The maximum absolute atomic E-state index is 11.5. The second-order valence-electron chi connectivity index (χ2n) is 3.69. The van der Waals surface area contributed by atoms with Crippen LogP contribution in [-0.2, 0) is 4.79 Å². The first kappa shape index (κ1) is 7.66. The quantitative estimate of drug-likeness (QED) is 0.554. The van der Waals surface area contributed by atoms with Crippen LogP contribution in [0.1, 0.15) is 32.6 Å². The fourth-order valence-corrected chi connectivity index (χ4v) is 3.88. The van der Waals surface area contributed by atoms with Gasteiger partial charge in [0.1, 0.15) is 5.78 Å². The third-order valence-electron chi connectivity index (χ3n) is 2.76. The summed E-state index contributed by atoms with van der Waals surface area (Å²) < 4.78 is 0. The van der Waals surface area contributed by atoms with E-state index in [0.717, 1.165) is 6.42 Å². The Balaban J connectivity index is 2.10. The number of Topliss-reactive ketones (excluding diaryl/α,β-unsaturated/α-hetero) is 1. The fraction of sp³-hybridized carbons (Fsp3) is 0.889. The first-order valence-electron chi connectivity index (χ1n) is 4.45. The van der Waals surface area contributed by atoms with Gasteiger partial charge >= 0.3 is 0 Å². The molecule has 0 spiro atoms. The summed E-state index contributed by atoms with van der Waals surface area (Å²) in [6.07, 6.45) is 4.56. The van der Waals surface area contributed by atoms with E-state index in [1.165, 1.54) is 19.3 Å². The normalized spacial score (nSPS) is 44.1. The third kappa shape index (κ3) is 1.33. The monoisotopic (exact) mass is 170 g/mol. The van der Waals surface area contributed by atoms with Crippen molar-refractivity contribution in [3.63, 3.8) is 0 Å². The highest BCUT2D eigenvalue weighted by Crippen LogP contribution is 2.43. The van der Waals surface area contributed by atoms with Gasteiger partial charge in [0.2, 0.25) is 0 Å². The summed E-state index contributed by atoms with van der Waals surface area (Å²) in [5.41, 5.74) is 0. The maximum Gasteiger partial charge on any atom is 0.138 e. The summed E-state index contributed by atoms with van der Waals surface area (Å²) in [7, 11) is 0. The summed E-state index contributed by atoms with van der Waals surface area (Å²) in [5.74, 6) is 0.981. The zero-order chi connectivity index (χ0) is 7.84. The highest BCUT2D eigenvalue weighted by molar-refractivity contribution is 8.00. The number of carbonyl (C=O) groups is 1. The van der Waals surface area contributed by atoms with E-state index in [9.17, 15) is 4.79 Å². The van der Waals surface area contributed by atoms with Crippen LogP contribution in [0.4, 0.5) is 0 Å². The minimum absolute atomic E-state index is 0.441. The smallest absolute Gasteiger partial charge is 0.138 e. The number of thioether (sulfide) groups is 1. The zero-order valence-corrected chi connectivity index (χ0v) is 7.69. The average molecular weight is 170 g/mol. The Labute approximate surface area is 71.9 Å². The molecule has 1 aliphatic carbocycles. The molecular formula is C9H14OS. The van der Waals surface area contributed by atoms with Gasteiger partial charge in [0, 0.05) is 22.8 Å². The van der Waals surface area contributed by atoms with Gasteiger partial charge in [-0.2, -0.15) is 11.8 Å². The molecule has 3 atom stereocenters. The predicted octanol–water partition coefficient (Wildman–Crippen LogP) is 2.25. The SMILES string of the molecule is CC1CC(=O)C2CCCC2S1. The lowest BCUT2D eigenvalue weighted by molar-refractivity contribution is -0.122. The molecule has 0 radical (unpaired) electrons. The van der Waals surface area contributed by atoms with Crippen LogP contribution in [0.2, 0.25) is 0 Å². The molecule has 2 fully saturated rings. The van der Waals surface area contributed by atoms with E-state index in [0.29, 0.717) is 22.2 Å². The Bertz CT molecular complexity index is 178. The lowest BCUT2D eigenvalue weighted by Gasteiger charge is -2.27. The van der Waals surface area contributed by atoms with Crippen LogP contribution in [0.15, 0.2) is 0 Å². The van der Waals surface area contributed by atoms with Crippen molar-refractivity contribution in [1.29, 1.82) is 0 Å². The Hall–Kier alpha value is 0.0200. The van der Waals surface area contributed by atoms with Crippen molar-refractivity contribution < 1.29 is 4.79 Å². The third-order valence-corrected chi connectivity index (χ3v) is 4.31. The van der Waals surface area contributed by atoms with Gasteiger partial charge < -0.3 is 0 Å². The second kappa shape index (κ2) is 2.81. The molecule has 62 valence electrons. The number of fused-ring (bicyclic) bond motifs is 1. The molecule has 1 aliphatic heterocycles. The first-order chi connectivity index (χ1) is 5.27. The van der Waals surface area contributed by atoms with Crippen LogP contribution in [0.25, 0.3) is 0 Å². The molecule has 2 rings (SSSR count). The highest BCUT2D eigenvalue weighted by atomic mass is 32.2. The topological polar surface area (TPSA) is 17.1 Å². The maximum atomic E-state index is 11.5. The number of hydrogen-bond donors (Lipinski definition) is 0. The number of ketones is 1. The lowest BCUT2D eigenvalue weighted by atomic mass is 9.98. The van der Waals surface area contributed by atoms with E-state index in [-0.39, 0.29) is 0 Å². The molecule has 0 N–H and O–H groups in total. The van der Waals surface area contributed by atoms with Crippen molar-refractivity contribution in [2.45, 2.75) is 43.1 Å². The van der Waals surface area contributed by atoms with Crippen molar-refractivity contribution in [3.05, 3.63) is 0 Å². The van der Waals surface area contributed by atoms with Crippen molar-refractivity contribution in [3.8, 4) is 0 Å². The van der Waals surface area contributed by atoms with Crippen LogP contribution in [0.5, 0.6) is 0 Å². The fourth-order valence-electron chi connectivity index (χ4n) is 2.24. The number of hydrogen-bond acceptors (Lipinski definition) is 2. The van der Waals surface area contributed by atoms with E-state index < -0.39 is 0 Å². The summed E-state index contributed by atoms with van der Waals surface area (Å²) >= 11 is 2.04. The van der Waals surface area contributed by atoms with Gasteiger partial charge in [0.15, 0.2) is 0 Å². The summed E-state index contributed by atoms with van der Waals surface area (Å²) in [6.45, 7) is 2.18. The molecule has 0 aromatic heterocycles. The largest absolute Gasteiger partial charge is 0.299 e. The standard InChI is InChI=1S/C9H14OS/c1-6-5-8(10)7-3-2-4-9(7)11-6/h6-7,9H,2-5H2,1H3. The highest BCUT2D eigenvalue weighted by Gasteiger charge is 2.38. The van der Waals surface area contributed by atoms with Crippen LogP contribution in [-0.4, -0.2) is 16.3 Å². The van der Waals surface area contributed by atoms with E-state index in [4.69, 9.17) is 0 Å². The molecule has 2 aliphatic rings. The Morgan fingerprint density at radius 2 is 2.27 bits per heavy atom. The Kier molecular flexibility index (Phi) is 1.96. The minimum Gasteiger partial charge on any atom is -0.299 e. The Morgan fingerprint density at radius 1 is 1.45 bits per heavy atom. The van der Waals surface area contributed by atoms with Gasteiger partial charge in [-0.15, -0.1) is 0 Å². The molecule has 0 aromatic rings. The summed E-state index contributed by atoms with van der Waals surface area (Å²) in [4.78, 5) is 11.5. The van der Waals surface area contributed by atoms with Gasteiger partial charge in [-0.25, -0.2) is 0 Å². The van der Waals surface area contributed by atoms with Crippen molar-refractivity contribution in [2.75, 3.05) is 0 Å². The molecule has 3 unspecified atom stereocenters. The van der Waals surface area contributed by atoms with Gasteiger partial charge in [-0.05, 0) is 12.8 Å². The van der Waals surface area contributed by atoms with E-state index in [1.54, 1.807) is 0 Å². The molecule has 0 amide bonds. The van der Waals surface area contributed by atoms with E-state index >= 15 is 0 Å². The lowest BCUT2D eigenvalue weighted by Crippen LogP contribution is -2.30. The van der Waals surface area contributed by atoms with Gasteiger partial charge in [-0.1, -0.05) is 13.3 Å². The van der Waals surface area contributed by atoms with Crippen LogP contribution in [0.3, 0.4) is 0 Å². The van der Waals surface area contributed by atoms with Crippen LogP contribution in [0, 0.1) is 5.92 Å². The molecule has 1 saturated heterocycles. The van der Waals surface area contributed by atoms with E-state index in [1.807, 2.05) is 11.8 Å². The van der Waals surface area contributed by atoms with Crippen LogP contribution < -0.4 is 0 Å². The van der Waals surface area contributed by atoms with Crippen LogP contribution >= 0.6 is 11.8 Å². The summed E-state index contributed by atoms with van der Waals surface area (Å²) in [5, 5.41) is 1.27. The minimum atomic E-state index is 0.441. The average Bonchev–Trinajstić information content (AvgIpc) is 2.34. The molecule has 0 bridgehead atoms. The number of carbonyl (C=O) groups excluding carboxylic acids is 1. The van der Waals surface area contributed by atoms with Crippen molar-refractivity contribution >= 4 is 17.5 Å². The molecular weight excluding hydrogens is 156 g/mol. The molecule has 1 nitrogen and oxygen atoms in total. The molecule has 0 aromatic carbocycles. The molecule has 11 heavy (non-hydrogen) atoms. The molecule has 1 heterocycles. The van der Waals surface area contributed by atoms with Gasteiger partial charge in [-0.3, -0.25) is 4.79 Å². The van der Waals surface area contributed by atoms with Crippen molar-refractivity contribution in [1.82, 2.24) is 0 Å². The first-order valence-corrected chi connectivity index (χ1v) is 5.40. The molecule has 1 saturated carbocycles.